The minimum Gasteiger partial charge on any atom is -0.480 e. The van der Waals surface area contributed by atoms with Crippen molar-refractivity contribution in [3.8, 4) is 0 Å². The van der Waals surface area contributed by atoms with E-state index in [4.69, 9.17) is 10.8 Å². The Bertz CT molecular complexity index is 628. The molecular weight excluding hydrogens is 278 g/mol. The van der Waals surface area contributed by atoms with Gasteiger partial charge in [0.05, 0.1) is 5.69 Å². The molecule has 0 aliphatic heterocycles. The number of nitrogens with one attached hydrogen (secondary N) is 1. The molecular formula is C11H13N7O3. The zero-order chi connectivity index (χ0) is 15.2. The summed E-state index contributed by atoms with van der Waals surface area (Å²) in [5.41, 5.74) is 5.79. The minimum atomic E-state index is -1.12. The van der Waals surface area contributed by atoms with Gasteiger partial charge in [0.2, 0.25) is 11.9 Å². The lowest BCUT2D eigenvalue weighted by Gasteiger charge is -2.02. The van der Waals surface area contributed by atoms with Crippen molar-refractivity contribution in [2.24, 2.45) is 5.73 Å². The molecule has 1 unspecified atom stereocenters. The standard InChI is InChI=1S/C11H13N7O3/c12-8(10(20)21)4-7-5-18(17-16-7)6-9(19)15-11-13-2-1-3-14-11/h1-3,5,8H,4,6,12H2,(H,20,21)(H,13,14,15,19). The Hall–Kier alpha value is -2.88. The smallest absolute Gasteiger partial charge is 0.320 e. The van der Waals surface area contributed by atoms with Crippen LogP contribution in [0.25, 0.3) is 0 Å². The van der Waals surface area contributed by atoms with Crippen molar-refractivity contribution in [1.82, 2.24) is 25.0 Å². The number of aliphatic carboxylic acids is 1. The molecule has 21 heavy (non-hydrogen) atoms. The first-order chi connectivity index (χ1) is 10.0. The second-order valence-corrected chi connectivity index (χ2v) is 4.18. The third-order valence-corrected chi connectivity index (χ3v) is 2.45. The largest absolute Gasteiger partial charge is 0.480 e. The summed E-state index contributed by atoms with van der Waals surface area (Å²) in [6, 6.07) is 0.576. The van der Waals surface area contributed by atoms with Crippen LogP contribution in [0.5, 0.6) is 0 Å². The summed E-state index contributed by atoms with van der Waals surface area (Å²) in [5.74, 6) is -1.31. The molecule has 1 atom stereocenters. The summed E-state index contributed by atoms with van der Waals surface area (Å²) in [6.45, 7) is -0.0897. The molecule has 2 aromatic heterocycles. The van der Waals surface area contributed by atoms with Crippen LogP contribution in [0, 0.1) is 0 Å². The number of nitrogens with zero attached hydrogens (tertiary/aromatic N) is 5. The Morgan fingerprint density at radius 2 is 2.10 bits per heavy atom. The first-order valence-corrected chi connectivity index (χ1v) is 5.99. The molecule has 0 saturated carbocycles. The summed E-state index contributed by atoms with van der Waals surface area (Å²) in [6.07, 6.45) is 4.51. The van der Waals surface area contributed by atoms with Gasteiger partial charge in [0.1, 0.15) is 12.6 Å². The fourth-order valence-electron chi connectivity index (χ4n) is 1.50. The summed E-state index contributed by atoms with van der Waals surface area (Å²) in [5, 5.41) is 18.7. The second-order valence-electron chi connectivity index (χ2n) is 4.18. The lowest BCUT2D eigenvalue weighted by Crippen LogP contribution is -2.32. The third-order valence-electron chi connectivity index (χ3n) is 2.45. The lowest BCUT2D eigenvalue weighted by atomic mass is 10.2. The zero-order valence-electron chi connectivity index (χ0n) is 10.9. The predicted octanol–water partition coefficient (Wildman–Crippen LogP) is -1.34. The van der Waals surface area contributed by atoms with Gasteiger partial charge in [-0.25, -0.2) is 14.6 Å². The second kappa shape index (κ2) is 6.52. The first kappa shape index (κ1) is 14.5. The van der Waals surface area contributed by atoms with E-state index in [9.17, 15) is 9.59 Å². The van der Waals surface area contributed by atoms with E-state index in [1.54, 1.807) is 6.07 Å². The van der Waals surface area contributed by atoms with Crippen LogP contribution >= 0.6 is 0 Å². The summed E-state index contributed by atoms with van der Waals surface area (Å²) >= 11 is 0. The molecule has 0 aromatic carbocycles. The average molecular weight is 291 g/mol. The molecule has 2 heterocycles. The van der Waals surface area contributed by atoms with Crippen molar-refractivity contribution in [2.45, 2.75) is 19.0 Å². The van der Waals surface area contributed by atoms with Crippen LogP contribution < -0.4 is 11.1 Å². The Morgan fingerprint density at radius 1 is 1.38 bits per heavy atom. The zero-order valence-corrected chi connectivity index (χ0v) is 10.9. The van der Waals surface area contributed by atoms with Crippen LogP contribution in [0.4, 0.5) is 5.95 Å². The Balaban J connectivity index is 1.90. The highest BCUT2D eigenvalue weighted by Gasteiger charge is 2.15. The molecule has 110 valence electrons. The van der Waals surface area contributed by atoms with Crippen molar-refractivity contribution in [3.63, 3.8) is 0 Å². The number of rotatable bonds is 6. The number of aromatic nitrogens is 5. The third kappa shape index (κ3) is 4.31. The maximum atomic E-state index is 11.7. The van der Waals surface area contributed by atoms with Crippen LogP contribution in [0.1, 0.15) is 5.69 Å². The molecule has 1 amide bonds. The summed E-state index contributed by atoms with van der Waals surface area (Å²) < 4.78 is 1.28. The Morgan fingerprint density at radius 3 is 2.76 bits per heavy atom. The molecule has 0 saturated heterocycles. The van der Waals surface area contributed by atoms with Crippen LogP contribution in [0.3, 0.4) is 0 Å². The van der Waals surface area contributed by atoms with E-state index in [-0.39, 0.29) is 24.8 Å². The fourth-order valence-corrected chi connectivity index (χ4v) is 1.50. The van der Waals surface area contributed by atoms with Gasteiger partial charge in [0.25, 0.3) is 0 Å². The Kier molecular flexibility index (Phi) is 4.51. The van der Waals surface area contributed by atoms with Crippen molar-refractivity contribution in [2.75, 3.05) is 5.32 Å². The highest BCUT2D eigenvalue weighted by atomic mass is 16.4. The van der Waals surface area contributed by atoms with Crippen LogP contribution in [-0.2, 0) is 22.6 Å². The SMILES string of the molecule is NC(Cc1cn(CC(=O)Nc2ncccn2)nn1)C(=O)O. The molecule has 0 radical (unpaired) electrons. The number of anilines is 1. The van der Waals surface area contributed by atoms with Gasteiger partial charge in [0, 0.05) is 25.0 Å². The molecule has 2 rings (SSSR count). The van der Waals surface area contributed by atoms with Crippen molar-refractivity contribution >= 4 is 17.8 Å². The van der Waals surface area contributed by atoms with Gasteiger partial charge in [-0.2, -0.15) is 0 Å². The van der Waals surface area contributed by atoms with Gasteiger partial charge in [-0.05, 0) is 6.07 Å². The maximum Gasteiger partial charge on any atom is 0.320 e. The van der Waals surface area contributed by atoms with Crippen molar-refractivity contribution < 1.29 is 14.7 Å². The molecule has 0 aliphatic carbocycles. The molecule has 10 nitrogen and oxygen atoms in total. The number of carbonyl (C=O) groups is 2. The number of nitrogens with two attached hydrogens (primary N) is 1. The summed E-state index contributed by atoms with van der Waals surface area (Å²) in [7, 11) is 0. The molecule has 0 bridgehead atoms. The van der Waals surface area contributed by atoms with Crippen LogP contribution in [0.2, 0.25) is 0 Å². The quantitative estimate of drug-likeness (QED) is 0.592. The number of carboxylic acid groups (broad SMARTS) is 1. The number of carboxylic acids is 1. The predicted molar refractivity (Wildman–Crippen MR) is 70.0 cm³/mol. The number of carbonyl (C=O) groups excluding carboxylic acids is 1. The molecule has 4 N–H and O–H groups in total. The maximum absolute atomic E-state index is 11.7. The molecule has 10 heteroatoms. The molecule has 2 aromatic rings. The Labute approximate surface area is 119 Å². The highest BCUT2D eigenvalue weighted by Crippen LogP contribution is 1.99. The van der Waals surface area contributed by atoms with E-state index < -0.39 is 12.0 Å². The lowest BCUT2D eigenvalue weighted by molar-refractivity contribution is -0.138. The van der Waals surface area contributed by atoms with Crippen LogP contribution in [0.15, 0.2) is 24.7 Å². The van der Waals surface area contributed by atoms with Gasteiger partial charge in [0.15, 0.2) is 0 Å². The first-order valence-electron chi connectivity index (χ1n) is 5.99. The fraction of sp³-hybridized carbons (Fsp3) is 0.273. The minimum absolute atomic E-state index is 0.0404. The normalized spacial score (nSPS) is 11.9. The van der Waals surface area contributed by atoms with Crippen molar-refractivity contribution in [3.05, 3.63) is 30.4 Å². The number of hydrogen-bond donors (Lipinski definition) is 3. The van der Waals surface area contributed by atoms with E-state index in [1.807, 2.05) is 0 Å². The highest BCUT2D eigenvalue weighted by molar-refractivity contribution is 5.88. The monoisotopic (exact) mass is 291 g/mol. The average Bonchev–Trinajstić information content (AvgIpc) is 2.86. The van der Waals surface area contributed by atoms with Gasteiger partial charge < -0.3 is 10.8 Å². The molecule has 0 aliphatic rings. The summed E-state index contributed by atoms with van der Waals surface area (Å²) in [4.78, 5) is 30.1. The molecule has 0 fully saturated rings. The van der Waals surface area contributed by atoms with Crippen molar-refractivity contribution in [1.29, 1.82) is 0 Å². The van der Waals surface area contributed by atoms with Gasteiger partial charge in [-0.15, -0.1) is 5.10 Å². The molecule has 0 spiro atoms. The number of hydrogen-bond acceptors (Lipinski definition) is 7. The van der Waals surface area contributed by atoms with Gasteiger partial charge in [-0.1, -0.05) is 5.21 Å². The van der Waals surface area contributed by atoms with E-state index in [1.165, 1.54) is 23.3 Å². The van der Waals surface area contributed by atoms with Crippen LogP contribution in [-0.4, -0.2) is 48.0 Å². The van der Waals surface area contributed by atoms with E-state index >= 15 is 0 Å². The topological polar surface area (TPSA) is 149 Å². The number of amides is 1. The van der Waals surface area contributed by atoms with E-state index in [0.29, 0.717) is 5.69 Å². The van der Waals surface area contributed by atoms with Gasteiger partial charge >= 0.3 is 5.97 Å². The van der Waals surface area contributed by atoms with E-state index in [0.717, 1.165) is 0 Å². The van der Waals surface area contributed by atoms with E-state index in [2.05, 4.69) is 25.6 Å². The van der Waals surface area contributed by atoms with Gasteiger partial charge in [-0.3, -0.25) is 14.9 Å².